The van der Waals surface area contributed by atoms with Gasteiger partial charge in [0.1, 0.15) is 0 Å². The SMILES string of the molecule is Cc1nn(C)c(C)c1CC(=O)N1CC[C@H](c2nc(C3CC3)no2)C1. The molecule has 1 aliphatic heterocycles. The fraction of sp³-hybridized carbons (Fsp3) is 0.647. The molecule has 7 nitrogen and oxygen atoms in total. The summed E-state index contributed by atoms with van der Waals surface area (Å²) in [5.41, 5.74) is 3.03. The highest BCUT2D eigenvalue weighted by Gasteiger charge is 2.34. The molecule has 1 amide bonds. The van der Waals surface area contributed by atoms with Gasteiger partial charge in [-0.1, -0.05) is 5.16 Å². The Labute approximate surface area is 141 Å². The van der Waals surface area contributed by atoms with Gasteiger partial charge < -0.3 is 9.42 Å². The molecule has 7 heteroatoms. The van der Waals surface area contributed by atoms with Crippen LogP contribution in [0.4, 0.5) is 0 Å². The van der Waals surface area contributed by atoms with Crippen molar-refractivity contribution in [3.63, 3.8) is 0 Å². The van der Waals surface area contributed by atoms with Crippen LogP contribution >= 0.6 is 0 Å². The van der Waals surface area contributed by atoms with E-state index in [9.17, 15) is 4.79 Å². The normalized spacial score (nSPS) is 20.8. The van der Waals surface area contributed by atoms with Crippen molar-refractivity contribution in [2.75, 3.05) is 13.1 Å². The molecule has 2 aliphatic rings. The smallest absolute Gasteiger partial charge is 0.231 e. The fourth-order valence-corrected chi connectivity index (χ4v) is 3.45. The van der Waals surface area contributed by atoms with Crippen LogP contribution in [0.3, 0.4) is 0 Å². The molecule has 0 N–H and O–H groups in total. The lowest BCUT2D eigenvalue weighted by Gasteiger charge is -2.16. The standard InChI is InChI=1S/C17H23N5O2/c1-10-14(11(2)21(3)19-10)8-15(23)22-7-6-13(9-22)17-18-16(20-24-17)12-4-5-12/h12-13H,4-9H2,1-3H3/t13-/m0/s1. The molecule has 2 aromatic rings. The summed E-state index contributed by atoms with van der Waals surface area (Å²) >= 11 is 0. The van der Waals surface area contributed by atoms with Gasteiger partial charge in [-0.15, -0.1) is 0 Å². The highest BCUT2D eigenvalue weighted by molar-refractivity contribution is 5.79. The van der Waals surface area contributed by atoms with Crippen molar-refractivity contribution in [1.29, 1.82) is 0 Å². The quantitative estimate of drug-likeness (QED) is 0.855. The monoisotopic (exact) mass is 329 g/mol. The largest absolute Gasteiger partial charge is 0.342 e. The molecule has 2 fully saturated rings. The molecule has 1 saturated heterocycles. The molecule has 128 valence electrons. The summed E-state index contributed by atoms with van der Waals surface area (Å²) in [4.78, 5) is 19.1. The second-order valence-corrected chi connectivity index (χ2v) is 7.04. The number of aromatic nitrogens is 4. The van der Waals surface area contributed by atoms with E-state index in [0.29, 0.717) is 24.8 Å². The number of amides is 1. The molecule has 0 spiro atoms. The van der Waals surface area contributed by atoms with Gasteiger partial charge in [0.05, 0.1) is 18.0 Å². The predicted molar refractivity (Wildman–Crippen MR) is 86.6 cm³/mol. The highest BCUT2D eigenvalue weighted by Crippen LogP contribution is 2.39. The van der Waals surface area contributed by atoms with Crippen molar-refractivity contribution in [2.24, 2.45) is 7.05 Å². The second-order valence-electron chi connectivity index (χ2n) is 7.04. The number of nitrogens with zero attached hydrogens (tertiary/aromatic N) is 5. The van der Waals surface area contributed by atoms with Crippen LogP contribution < -0.4 is 0 Å². The van der Waals surface area contributed by atoms with E-state index < -0.39 is 0 Å². The van der Waals surface area contributed by atoms with Gasteiger partial charge in [-0.2, -0.15) is 10.1 Å². The van der Waals surface area contributed by atoms with Gasteiger partial charge in [-0.3, -0.25) is 9.48 Å². The van der Waals surface area contributed by atoms with Crippen LogP contribution in [0.1, 0.15) is 59.8 Å². The van der Waals surface area contributed by atoms with Crippen molar-refractivity contribution in [1.82, 2.24) is 24.8 Å². The lowest BCUT2D eigenvalue weighted by molar-refractivity contribution is -0.129. The molecule has 2 aromatic heterocycles. The van der Waals surface area contributed by atoms with E-state index >= 15 is 0 Å². The lowest BCUT2D eigenvalue weighted by atomic mass is 10.1. The minimum absolute atomic E-state index is 0.152. The Morgan fingerprint density at radius 1 is 1.25 bits per heavy atom. The molecule has 4 rings (SSSR count). The van der Waals surface area contributed by atoms with Crippen LogP contribution in [0.5, 0.6) is 0 Å². The zero-order chi connectivity index (χ0) is 16.8. The minimum Gasteiger partial charge on any atom is -0.342 e. The van der Waals surface area contributed by atoms with E-state index in [1.807, 2.05) is 30.5 Å². The summed E-state index contributed by atoms with van der Waals surface area (Å²) in [6.07, 6.45) is 3.63. The summed E-state index contributed by atoms with van der Waals surface area (Å²) in [5.74, 6) is 2.36. The Kier molecular flexibility index (Phi) is 3.66. The van der Waals surface area contributed by atoms with Gasteiger partial charge in [0.15, 0.2) is 5.82 Å². The second kappa shape index (κ2) is 5.72. The number of hydrogen-bond acceptors (Lipinski definition) is 5. The summed E-state index contributed by atoms with van der Waals surface area (Å²) in [6, 6.07) is 0. The van der Waals surface area contributed by atoms with Crippen LogP contribution in [-0.2, 0) is 18.3 Å². The number of hydrogen-bond donors (Lipinski definition) is 0. The molecule has 0 aromatic carbocycles. The third kappa shape index (κ3) is 2.72. The van der Waals surface area contributed by atoms with Crippen molar-refractivity contribution in [2.45, 2.75) is 51.4 Å². The summed E-state index contributed by atoms with van der Waals surface area (Å²) in [7, 11) is 1.91. The molecule has 3 heterocycles. The maximum Gasteiger partial charge on any atom is 0.231 e. The van der Waals surface area contributed by atoms with Crippen molar-refractivity contribution >= 4 is 5.91 Å². The first-order valence-electron chi connectivity index (χ1n) is 8.63. The highest BCUT2D eigenvalue weighted by atomic mass is 16.5. The Morgan fingerprint density at radius 3 is 2.71 bits per heavy atom. The van der Waals surface area contributed by atoms with Gasteiger partial charge in [0.2, 0.25) is 11.8 Å². The molecule has 0 bridgehead atoms. The van der Waals surface area contributed by atoms with E-state index in [1.54, 1.807) is 0 Å². The van der Waals surface area contributed by atoms with Crippen LogP contribution in [0.15, 0.2) is 4.52 Å². The van der Waals surface area contributed by atoms with E-state index in [4.69, 9.17) is 4.52 Å². The zero-order valence-electron chi connectivity index (χ0n) is 14.4. The van der Waals surface area contributed by atoms with Gasteiger partial charge in [0, 0.05) is 37.3 Å². The van der Waals surface area contributed by atoms with Crippen molar-refractivity contribution in [3.05, 3.63) is 28.7 Å². The molecule has 1 aliphatic carbocycles. The molecule has 1 atom stereocenters. The Morgan fingerprint density at radius 2 is 2.04 bits per heavy atom. The third-order valence-corrected chi connectivity index (χ3v) is 5.28. The lowest BCUT2D eigenvalue weighted by Crippen LogP contribution is -2.30. The molecule has 0 radical (unpaired) electrons. The van der Waals surface area contributed by atoms with Crippen LogP contribution in [0.2, 0.25) is 0 Å². The maximum atomic E-state index is 12.7. The van der Waals surface area contributed by atoms with Gasteiger partial charge in [0.25, 0.3) is 0 Å². The number of aryl methyl sites for hydroxylation is 2. The van der Waals surface area contributed by atoms with E-state index in [2.05, 4.69) is 15.2 Å². The topological polar surface area (TPSA) is 77.1 Å². The summed E-state index contributed by atoms with van der Waals surface area (Å²) in [6.45, 7) is 5.39. The number of carbonyl (C=O) groups is 1. The predicted octanol–water partition coefficient (Wildman–Crippen LogP) is 1.86. The third-order valence-electron chi connectivity index (χ3n) is 5.28. The number of likely N-dealkylation sites (tertiary alicyclic amines) is 1. The molecule has 0 unspecified atom stereocenters. The summed E-state index contributed by atoms with van der Waals surface area (Å²) < 4.78 is 7.26. The maximum absolute atomic E-state index is 12.7. The van der Waals surface area contributed by atoms with Gasteiger partial charge in [-0.25, -0.2) is 0 Å². The van der Waals surface area contributed by atoms with Crippen LogP contribution in [0, 0.1) is 13.8 Å². The molecular weight excluding hydrogens is 306 g/mol. The van der Waals surface area contributed by atoms with E-state index in [-0.39, 0.29) is 11.8 Å². The first-order valence-corrected chi connectivity index (χ1v) is 8.63. The molecule has 1 saturated carbocycles. The number of carbonyl (C=O) groups excluding carboxylic acids is 1. The Bertz CT molecular complexity index is 774. The van der Waals surface area contributed by atoms with Gasteiger partial charge >= 0.3 is 0 Å². The van der Waals surface area contributed by atoms with Crippen molar-refractivity contribution < 1.29 is 9.32 Å². The van der Waals surface area contributed by atoms with Crippen LogP contribution in [0.25, 0.3) is 0 Å². The molecule has 24 heavy (non-hydrogen) atoms. The Hall–Kier alpha value is -2.18. The van der Waals surface area contributed by atoms with Crippen molar-refractivity contribution in [3.8, 4) is 0 Å². The average Bonchev–Trinajstić information content (AvgIpc) is 3.01. The van der Waals surface area contributed by atoms with Gasteiger partial charge in [-0.05, 0) is 33.1 Å². The zero-order valence-corrected chi connectivity index (χ0v) is 14.4. The number of rotatable bonds is 4. The summed E-state index contributed by atoms with van der Waals surface area (Å²) in [5, 5.41) is 8.48. The first kappa shape index (κ1) is 15.4. The average molecular weight is 329 g/mol. The Balaban J connectivity index is 1.41. The molecular formula is C17H23N5O2. The van der Waals surface area contributed by atoms with Crippen LogP contribution in [-0.4, -0.2) is 43.8 Å². The van der Waals surface area contributed by atoms with E-state index in [1.165, 1.54) is 0 Å². The minimum atomic E-state index is 0.152. The van der Waals surface area contributed by atoms with E-state index in [0.717, 1.165) is 48.6 Å². The first-order chi connectivity index (χ1) is 11.5. The fourth-order valence-electron chi connectivity index (χ4n) is 3.45.